The normalized spacial score (nSPS) is 11.9. The Bertz CT molecular complexity index is 840. The van der Waals surface area contributed by atoms with Crippen LogP contribution < -0.4 is 10.5 Å². The zero-order valence-electron chi connectivity index (χ0n) is 12.1. The predicted molar refractivity (Wildman–Crippen MR) is 77.9 cm³/mol. The van der Waals surface area contributed by atoms with Gasteiger partial charge in [-0.1, -0.05) is 6.07 Å². The molecule has 0 amide bonds. The van der Waals surface area contributed by atoms with Crippen LogP contribution in [0.1, 0.15) is 11.1 Å². The summed E-state index contributed by atoms with van der Waals surface area (Å²) in [7, 11) is 1.76. The summed E-state index contributed by atoms with van der Waals surface area (Å²) in [6.07, 6.45) is -1.93. The Morgan fingerprint density at radius 2 is 2.00 bits per heavy atom. The van der Waals surface area contributed by atoms with E-state index in [0.717, 1.165) is 23.2 Å². The first-order valence-electron chi connectivity index (χ1n) is 6.75. The third-order valence-electron chi connectivity index (χ3n) is 3.33. The van der Waals surface area contributed by atoms with Gasteiger partial charge in [-0.2, -0.15) is 18.3 Å². The van der Waals surface area contributed by atoms with Crippen molar-refractivity contribution in [3.8, 4) is 11.6 Å². The average Bonchev–Trinajstić information content (AvgIpc) is 2.89. The monoisotopic (exact) mass is 322 g/mol. The standard InChI is InChI=1S/C15H13F3N4O/c1-22-8-11-12(4-2-9(6-19)14(11)21-22)23-13-5-3-10(7-20-13)15(16,17)18/h2-5,7-8H,6,19H2,1H3. The highest BCUT2D eigenvalue weighted by atomic mass is 19.4. The molecule has 3 aromatic rings. The van der Waals surface area contributed by atoms with Gasteiger partial charge in [0.2, 0.25) is 5.88 Å². The molecule has 0 saturated heterocycles. The molecular weight excluding hydrogens is 309 g/mol. The van der Waals surface area contributed by atoms with Crippen LogP contribution in [0.4, 0.5) is 13.2 Å². The lowest BCUT2D eigenvalue weighted by molar-refractivity contribution is -0.137. The van der Waals surface area contributed by atoms with E-state index >= 15 is 0 Å². The molecule has 3 rings (SSSR count). The molecule has 5 nitrogen and oxygen atoms in total. The lowest BCUT2D eigenvalue weighted by Gasteiger charge is -2.09. The van der Waals surface area contributed by atoms with Gasteiger partial charge in [0.15, 0.2) is 0 Å². The Morgan fingerprint density at radius 3 is 2.61 bits per heavy atom. The molecule has 0 aliphatic heterocycles. The van der Waals surface area contributed by atoms with Gasteiger partial charge in [-0.15, -0.1) is 0 Å². The van der Waals surface area contributed by atoms with Gasteiger partial charge in [0.25, 0.3) is 0 Å². The second-order valence-electron chi connectivity index (χ2n) is 4.98. The summed E-state index contributed by atoms with van der Waals surface area (Å²) in [6.45, 7) is 0.326. The molecule has 2 N–H and O–H groups in total. The first-order chi connectivity index (χ1) is 10.9. The van der Waals surface area contributed by atoms with E-state index in [-0.39, 0.29) is 5.88 Å². The molecule has 8 heteroatoms. The minimum atomic E-state index is -4.43. The summed E-state index contributed by atoms with van der Waals surface area (Å²) < 4.78 is 44.8. The molecule has 0 atom stereocenters. The molecule has 0 unspecified atom stereocenters. The number of alkyl halides is 3. The minimum Gasteiger partial charge on any atom is -0.438 e. The molecule has 0 saturated carbocycles. The maximum atomic E-state index is 12.5. The maximum absolute atomic E-state index is 12.5. The van der Waals surface area contributed by atoms with Crippen molar-refractivity contribution in [2.24, 2.45) is 12.8 Å². The third-order valence-corrected chi connectivity index (χ3v) is 3.33. The first-order valence-corrected chi connectivity index (χ1v) is 6.75. The van der Waals surface area contributed by atoms with Crippen LogP contribution >= 0.6 is 0 Å². The van der Waals surface area contributed by atoms with Crippen molar-refractivity contribution in [2.45, 2.75) is 12.7 Å². The molecule has 0 fully saturated rings. The zero-order valence-corrected chi connectivity index (χ0v) is 12.1. The van der Waals surface area contributed by atoms with Gasteiger partial charge in [-0.05, 0) is 17.7 Å². The number of nitrogens with zero attached hydrogens (tertiary/aromatic N) is 3. The van der Waals surface area contributed by atoms with Crippen LogP contribution in [0.3, 0.4) is 0 Å². The number of rotatable bonds is 3. The predicted octanol–water partition coefficient (Wildman–Crippen LogP) is 3.24. The molecule has 0 aliphatic rings. The highest BCUT2D eigenvalue weighted by Crippen LogP contribution is 2.32. The van der Waals surface area contributed by atoms with Crippen LogP contribution in [-0.4, -0.2) is 14.8 Å². The van der Waals surface area contributed by atoms with E-state index in [9.17, 15) is 13.2 Å². The van der Waals surface area contributed by atoms with Crippen LogP contribution in [-0.2, 0) is 19.8 Å². The largest absolute Gasteiger partial charge is 0.438 e. The van der Waals surface area contributed by atoms with Gasteiger partial charge >= 0.3 is 6.18 Å². The summed E-state index contributed by atoms with van der Waals surface area (Å²) in [4.78, 5) is 3.70. The Kier molecular flexibility index (Phi) is 3.69. The fourth-order valence-corrected chi connectivity index (χ4v) is 2.23. The highest BCUT2D eigenvalue weighted by Gasteiger charge is 2.30. The molecule has 0 radical (unpaired) electrons. The number of nitrogens with two attached hydrogens (primary N) is 1. The number of benzene rings is 1. The van der Waals surface area contributed by atoms with Gasteiger partial charge in [0, 0.05) is 32.1 Å². The number of pyridine rings is 1. The van der Waals surface area contributed by atoms with Crippen LogP contribution in [0.25, 0.3) is 10.9 Å². The zero-order chi connectivity index (χ0) is 16.6. The Hall–Kier alpha value is -2.61. The van der Waals surface area contributed by atoms with Crippen molar-refractivity contribution in [3.63, 3.8) is 0 Å². The van der Waals surface area contributed by atoms with Crippen LogP contribution in [0.5, 0.6) is 11.6 Å². The van der Waals surface area contributed by atoms with E-state index in [2.05, 4.69) is 10.1 Å². The molecule has 23 heavy (non-hydrogen) atoms. The first kappa shape index (κ1) is 15.3. The van der Waals surface area contributed by atoms with Crippen LogP contribution in [0.15, 0.2) is 36.7 Å². The van der Waals surface area contributed by atoms with Gasteiger partial charge in [0.05, 0.1) is 10.9 Å². The molecule has 1 aromatic carbocycles. The summed E-state index contributed by atoms with van der Waals surface area (Å²) >= 11 is 0. The van der Waals surface area contributed by atoms with Gasteiger partial charge in [-0.25, -0.2) is 4.98 Å². The van der Waals surface area contributed by atoms with E-state index in [1.54, 1.807) is 30.1 Å². The lowest BCUT2D eigenvalue weighted by atomic mass is 10.1. The summed E-state index contributed by atoms with van der Waals surface area (Å²) in [5.41, 5.74) is 6.40. The molecule has 0 bridgehead atoms. The lowest BCUT2D eigenvalue weighted by Crippen LogP contribution is -2.05. The number of fused-ring (bicyclic) bond motifs is 1. The number of halogens is 3. The second-order valence-corrected chi connectivity index (χ2v) is 4.98. The van der Waals surface area contributed by atoms with Crippen LogP contribution in [0, 0.1) is 0 Å². The maximum Gasteiger partial charge on any atom is 0.417 e. The number of hydrogen-bond donors (Lipinski definition) is 1. The molecule has 0 spiro atoms. The SMILES string of the molecule is Cn1cc2c(Oc3ccc(C(F)(F)F)cn3)ccc(CN)c2n1. The van der Waals surface area contributed by atoms with E-state index < -0.39 is 11.7 Å². The van der Waals surface area contributed by atoms with Crippen molar-refractivity contribution >= 4 is 10.9 Å². The Balaban J connectivity index is 1.96. The van der Waals surface area contributed by atoms with Gasteiger partial charge in [0.1, 0.15) is 11.3 Å². The summed E-state index contributed by atoms with van der Waals surface area (Å²) in [5.74, 6) is 0.529. The molecule has 0 aliphatic carbocycles. The fourth-order valence-electron chi connectivity index (χ4n) is 2.23. The number of aromatic nitrogens is 3. The van der Waals surface area contributed by atoms with E-state index in [1.165, 1.54) is 6.07 Å². The fraction of sp³-hybridized carbons (Fsp3) is 0.200. The smallest absolute Gasteiger partial charge is 0.417 e. The van der Waals surface area contributed by atoms with Crippen molar-refractivity contribution in [2.75, 3.05) is 0 Å². The van der Waals surface area contributed by atoms with E-state index in [4.69, 9.17) is 10.5 Å². The topological polar surface area (TPSA) is 66.0 Å². The minimum absolute atomic E-state index is 0.0728. The van der Waals surface area contributed by atoms with E-state index in [1.807, 2.05) is 0 Å². The number of hydrogen-bond acceptors (Lipinski definition) is 4. The molecule has 120 valence electrons. The quantitative estimate of drug-likeness (QED) is 0.804. The highest BCUT2D eigenvalue weighted by molar-refractivity contribution is 5.87. The molecule has 2 heterocycles. The Labute approximate surface area is 129 Å². The number of ether oxygens (including phenoxy) is 1. The average molecular weight is 322 g/mol. The van der Waals surface area contributed by atoms with Crippen molar-refractivity contribution in [3.05, 3.63) is 47.8 Å². The number of aryl methyl sites for hydroxylation is 1. The summed E-state index contributed by atoms with van der Waals surface area (Å²) in [6, 6.07) is 5.58. The Morgan fingerprint density at radius 1 is 1.22 bits per heavy atom. The molecular formula is C15H13F3N4O. The van der Waals surface area contributed by atoms with Gasteiger partial charge < -0.3 is 10.5 Å². The van der Waals surface area contributed by atoms with E-state index in [0.29, 0.717) is 17.8 Å². The van der Waals surface area contributed by atoms with Crippen LogP contribution in [0.2, 0.25) is 0 Å². The van der Waals surface area contributed by atoms with Gasteiger partial charge in [-0.3, -0.25) is 4.68 Å². The summed E-state index contributed by atoms with van der Waals surface area (Å²) in [5, 5.41) is 5.04. The third kappa shape index (κ3) is 2.98. The molecule has 2 aromatic heterocycles. The van der Waals surface area contributed by atoms with Crippen molar-refractivity contribution < 1.29 is 17.9 Å². The van der Waals surface area contributed by atoms with Crippen molar-refractivity contribution in [1.29, 1.82) is 0 Å². The van der Waals surface area contributed by atoms with Crippen molar-refractivity contribution in [1.82, 2.24) is 14.8 Å². The second kappa shape index (κ2) is 5.54.